The van der Waals surface area contributed by atoms with Crippen molar-refractivity contribution in [1.29, 1.82) is 5.26 Å². The van der Waals surface area contributed by atoms with Gasteiger partial charge in [0.2, 0.25) is 0 Å². The number of aliphatic carboxylic acids is 1. The fourth-order valence-corrected chi connectivity index (χ4v) is 9.98. The third-order valence-corrected chi connectivity index (χ3v) is 13.0. The molecule has 7 nitrogen and oxygen atoms in total. The summed E-state index contributed by atoms with van der Waals surface area (Å²) in [5, 5.41) is 27.3. The molecule has 0 saturated carbocycles. The molecule has 3 aromatic carbocycles. The predicted molar refractivity (Wildman–Crippen MR) is 224 cm³/mol. The summed E-state index contributed by atoms with van der Waals surface area (Å²) in [6.45, 7) is 4.34. The smallest absolute Gasteiger partial charge is 0.346 e. The van der Waals surface area contributed by atoms with Crippen molar-refractivity contribution >= 4 is 73.4 Å². The highest BCUT2D eigenvalue weighted by atomic mass is 32.1. The van der Waals surface area contributed by atoms with Crippen LogP contribution in [-0.4, -0.2) is 35.9 Å². The lowest BCUT2D eigenvalue weighted by molar-refractivity contribution is -0.132. The third-order valence-electron chi connectivity index (χ3n) is 9.51. The number of carboxylic acids is 1. The van der Waals surface area contributed by atoms with Gasteiger partial charge in [0.15, 0.2) is 0 Å². The van der Waals surface area contributed by atoms with Crippen molar-refractivity contribution in [2.75, 3.05) is 24.0 Å². The molecule has 0 aliphatic carbocycles. The molecule has 1 unspecified atom stereocenters. The quantitative estimate of drug-likeness (QED) is 0.0717. The van der Waals surface area contributed by atoms with Crippen molar-refractivity contribution in [1.82, 2.24) is 4.98 Å². The molecule has 1 aliphatic rings. The summed E-state index contributed by atoms with van der Waals surface area (Å²) in [7, 11) is 4.11. The van der Waals surface area contributed by atoms with Crippen LogP contribution < -0.4 is 9.91 Å². The van der Waals surface area contributed by atoms with E-state index in [1.807, 2.05) is 12.1 Å². The highest BCUT2D eigenvalue weighted by Crippen LogP contribution is 2.43. The van der Waals surface area contributed by atoms with Gasteiger partial charge in [-0.25, -0.2) is 9.78 Å². The standard InChI is InChI=1S/C43H41N5O2S3/c1-5-6-7-8-9-30-24-40(52-41(30)38-21-19-34(51-38)23-31(26-44)43(49)50)36-25-37(28-11-15-32(16-12-28)47(3)4)48(46-36)33-17-13-29(14-18-33)42-45-35-20-10-27(2)22-39(35)53-42/h10-24,37H,5-9,25H2,1-4H3,(H,49,50). The molecule has 0 radical (unpaired) electrons. The van der Waals surface area contributed by atoms with Gasteiger partial charge in [-0.05, 0) is 109 Å². The van der Waals surface area contributed by atoms with E-state index in [0.29, 0.717) is 0 Å². The van der Waals surface area contributed by atoms with E-state index in [1.165, 1.54) is 62.9 Å². The number of aryl methyl sites for hydroxylation is 2. The van der Waals surface area contributed by atoms with E-state index in [0.717, 1.165) is 67.1 Å². The number of unbranched alkanes of at least 4 members (excludes halogenated alkanes) is 3. The van der Waals surface area contributed by atoms with Crippen molar-refractivity contribution < 1.29 is 9.90 Å². The maximum Gasteiger partial charge on any atom is 0.346 e. The number of carboxylic acid groups (broad SMARTS) is 1. The number of benzene rings is 3. The lowest BCUT2D eigenvalue weighted by atomic mass is 9.99. The summed E-state index contributed by atoms with van der Waals surface area (Å²) in [4.78, 5) is 22.7. The van der Waals surface area contributed by atoms with Gasteiger partial charge in [-0.15, -0.1) is 34.0 Å². The molecule has 268 valence electrons. The molecular weight excluding hydrogens is 715 g/mol. The fraction of sp³-hybridized carbons (Fsp3) is 0.256. The normalized spacial score (nSPS) is 14.5. The number of carbonyl (C=O) groups is 1. The van der Waals surface area contributed by atoms with Crippen LogP contribution in [-0.2, 0) is 11.2 Å². The average Bonchev–Trinajstić information content (AvgIpc) is 3.98. The predicted octanol–water partition coefficient (Wildman–Crippen LogP) is 11.6. The first-order chi connectivity index (χ1) is 25.7. The number of hydrogen-bond donors (Lipinski definition) is 1. The maximum atomic E-state index is 11.5. The highest BCUT2D eigenvalue weighted by molar-refractivity contribution is 7.23. The van der Waals surface area contributed by atoms with Gasteiger partial charge in [0.25, 0.3) is 0 Å². The van der Waals surface area contributed by atoms with Gasteiger partial charge in [0, 0.05) is 46.4 Å². The molecule has 3 aromatic heterocycles. The number of thiazole rings is 1. The first-order valence-electron chi connectivity index (χ1n) is 17.9. The maximum absolute atomic E-state index is 11.5. The van der Waals surface area contributed by atoms with Gasteiger partial charge in [-0.1, -0.05) is 44.4 Å². The fourth-order valence-electron chi connectivity index (χ4n) is 6.61. The minimum Gasteiger partial charge on any atom is -0.477 e. The van der Waals surface area contributed by atoms with E-state index in [9.17, 15) is 15.2 Å². The number of nitrogens with zero attached hydrogens (tertiary/aromatic N) is 5. The Kier molecular flexibility index (Phi) is 10.9. The Bertz CT molecular complexity index is 2360. The molecule has 1 atom stereocenters. The van der Waals surface area contributed by atoms with Gasteiger partial charge in [0.05, 0.1) is 32.5 Å². The van der Waals surface area contributed by atoms with E-state index in [1.54, 1.807) is 28.7 Å². The summed E-state index contributed by atoms with van der Waals surface area (Å²) >= 11 is 5.00. The molecule has 0 bridgehead atoms. The number of aromatic nitrogens is 1. The Morgan fingerprint density at radius 1 is 0.962 bits per heavy atom. The zero-order valence-corrected chi connectivity index (χ0v) is 32.7. The van der Waals surface area contributed by atoms with Crippen LogP contribution in [0, 0.1) is 18.3 Å². The second-order valence-electron chi connectivity index (χ2n) is 13.6. The number of rotatable bonds is 13. The Labute approximate surface area is 322 Å². The average molecular weight is 756 g/mol. The number of anilines is 2. The summed E-state index contributed by atoms with van der Waals surface area (Å²) in [6, 6.07) is 31.9. The molecule has 6 aromatic rings. The molecule has 0 saturated heterocycles. The van der Waals surface area contributed by atoms with Crippen molar-refractivity contribution in [3.05, 3.63) is 117 Å². The van der Waals surface area contributed by atoms with E-state index in [-0.39, 0.29) is 11.6 Å². The van der Waals surface area contributed by atoms with E-state index < -0.39 is 5.97 Å². The minimum absolute atomic E-state index is 0.0231. The van der Waals surface area contributed by atoms with Crippen LogP contribution in [0.25, 0.3) is 36.6 Å². The van der Waals surface area contributed by atoms with Crippen LogP contribution >= 0.6 is 34.0 Å². The van der Waals surface area contributed by atoms with Crippen LogP contribution in [0.2, 0.25) is 0 Å². The van der Waals surface area contributed by atoms with Crippen LogP contribution in [0.5, 0.6) is 0 Å². The SMILES string of the molecule is CCCCCCc1cc(C2=NN(c3ccc(-c4nc5ccc(C)cc5s4)cc3)C(c3ccc(N(C)C)cc3)C2)sc1-c1ccc(C=C(C#N)C(=O)O)s1. The molecule has 1 N–H and O–H groups in total. The molecule has 0 fully saturated rings. The molecule has 10 heteroatoms. The van der Waals surface area contributed by atoms with Gasteiger partial charge in [-0.3, -0.25) is 5.01 Å². The topological polar surface area (TPSA) is 92.8 Å². The monoisotopic (exact) mass is 755 g/mol. The lowest BCUT2D eigenvalue weighted by Gasteiger charge is -2.24. The van der Waals surface area contributed by atoms with Gasteiger partial charge < -0.3 is 10.0 Å². The Hall–Kier alpha value is -5.08. The zero-order chi connectivity index (χ0) is 37.1. The van der Waals surface area contributed by atoms with Crippen molar-refractivity contribution in [3.63, 3.8) is 0 Å². The van der Waals surface area contributed by atoms with E-state index >= 15 is 0 Å². The zero-order valence-electron chi connectivity index (χ0n) is 30.3. The van der Waals surface area contributed by atoms with Crippen LogP contribution in [0.3, 0.4) is 0 Å². The van der Waals surface area contributed by atoms with E-state index in [2.05, 4.69) is 111 Å². The molecule has 53 heavy (non-hydrogen) atoms. The molecular formula is C43H41N5O2S3. The molecule has 4 heterocycles. The Morgan fingerprint density at radius 3 is 2.47 bits per heavy atom. The first-order valence-corrected chi connectivity index (χ1v) is 20.4. The van der Waals surface area contributed by atoms with Gasteiger partial charge in [-0.2, -0.15) is 10.4 Å². The second-order valence-corrected chi connectivity index (χ2v) is 16.8. The van der Waals surface area contributed by atoms with Crippen LogP contribution in [0.1, 0.15) is 71.5 Å². The van der Waals surface area contributed by atoms with Gasteiger partial charge >= 0.3 is 5.97 Å². The Morgan fingerprint density at radius 2 is 1.75 bits per heavy atom. The second kappa shape index (κ2) is 15.9. The number of thiophene rings is 2. The first kappa shape index (κ1) is 36.3. The minimum atomic E-state index is -1.21. The van der Waals surface area contributed by atoms with E-state index in [4.69, 9.17) is 10.1 Å². The third kappa shape index (κ3) is 7.98. The Balaban J connectivity index is 1.24. The largest absolute Gasteiger partial charge is 0.477 e. The van der Waals surface area contributed by atoms with Crippen LogP contribution in [0.15, 0.2) is 95.6 Å². The summed E-state index contributed by atoms with van der Waals surface area (Å²) < 4.78 is 1.20. The molecule has 0 amide bonds. The summed E-state index contributed by atoms with van der Waals surface area (Å²) in [6.07, 6.45) is 7.85. The number of hydrogen-bond acceptors (Lipinski definition) is 9. The van der Waals surface area contributed by atoms with Crippen molar-refractivity contribution in [2.45, 2.75) is 58.4 Å². The highest BCUT2D eigenvalue weighted by Gasteiger charge is 2.31. The summed E-state index contributed by atoms with van der Waals surface area (Å²) in [5.74, 6) is -1.21. The van der Waals surface area contributed by atoms with Crippen molar-refractivity contribution in [3.8, 4) is 26.4 Å². The summed E-state index contributed by atoms with van der Waals surface area (Å²) in [5.41, 5.74) is 8.82. The number of nitriles is 1. The lowest BCUT2D eigenvalue weighted by Crippen LogP contribution is -2.18. The van der Waals surface area contributed by atoms with Gasteiger partial charge in [0.1, 0.15) is 16.6 Å². The molecule has 0 spiro atoms. The van der Waals surface area contributed by atoms with Crippen molar-refractivity contribution in [2.24, 2.45) is 5.10 Å². The molecule has 1 aliphatic heterocycles. The molecule has 7 rings (SSSR count). The number of fused-ring (bicyclic) bond motifs is 1. The number of hydrazone groups is 1. The van der Waals surface area contributed by atoms with Crippen LogP contribution in [0.4, 0.5) is 11.4 Å².